The summed E-state index contributed by atoms with van der Waals surface area (Å²) in [6.45, 7) is 5.74. The highest BCUT2D eigenvalue weighted by atomic mass is 32.2. The number of hydrogen-bond acceptors (Lipinski definition) is 5. The molecule has 2 aliphatic heterocycles. The summed E-state index contributed by atoms with van der Waals surface area (Å²) in [5.41, 5.74) is 1.05. The molecule has 2 saturated heterocycles. The Morgan fingerprint density at radius 2 is 1.88 bits per heavy atom. The molecule has 26 heavy (non-hydrogen) atoms. The Kier molecular flexibility index (Phi) is 5.69. The van der Waals surface area contributed by atoms with Gasteiger partial charge in [-0.3, -0.25) is 9.89 Å². The number of amides is 1. The summed E-state index contributed by atoms with van der Waals surface area (Å²) < 4.78 is 27.3. The van der Waals surface area contributed by atoms with Gasteiger partial charge in [-0.15, -0.1) is 0 Å². The molecule has 2 fully saturated rings. The molecule has 1 aromatic heterocycles. The number of likely N-dealkylation sites (N-methyl/N-ethyl adjacent to an activating group) is 1. The third-order valence-electron chi connectivity index (χ3n) is 5.60. The van der Waals surface area contributed by atoms with Crippen molar-refractivity contribution in [1.29, 1.82) is 0 Å². The summed E-state index contributed by atoms with van der Waals surface area (Å²) in [7, 11) is -1.63. The van der Waals surface area contributed by atoms with Crippen LogP contribution in [0.25, 0.3) is 0 Å². The lowest BCUT2D eigenvalue weighted by Crippen LogP contribution is -2.50. The zero-order valence-electron chi connectivity index (χ0n) is 15.8. The molecule has 146 valence electrons. The fraction of sp³-hybridized carbons (Fsp3) is 0.765. The van der Waals surface area contributed by atoms with Crippen molar-refractivity contribution >= 4 is 15.9 Å². The van der Waals surface area contributed by atoms with Gasteiger partial charge in [0.1, 0.15) is 4.90 Å². The fourth-order valence-corrected chi connectivity index (χ4v) is 5.87. The van der Waals surface area contributed by atoms with Crippen LogP contribution in [-0.4, -0.2) is 73.0 Å². The molecule has 8 nitrogen and oxygen atoms in total. The van der Waals surface area contributed by atoms with Gasteiger partial charge < -0.3 is 10.2 Å². The summed E-state index contributed by atoms with van der Waals surface area (Å²) in [6, 6.07) is 0.361. The van der Waals surface area contributed by atoms with Crippen molar-refractivity contribution < 1.29 is 13.2 Å². The number of nitrogens with zero attached hydrogens (tertiary/aromatic N) is 3. The molecule has 0 aliphatic carbocycles. The van der Waals surface area contributed by atoms with Crippen molar-refractivity contribution in [2.24, 2.45) is 5.92 Å². The third kappa shape index (κ3) is 3.65. The second-order valence-corrected chi connectivity index (χ2v) is 9.23. The summed E-state index contributed by atoms with van der Waals surface area (Å²) in [4.78, 5) is 15.0. The van der Waals surface area contributed by atoms with Crippen molar-refractivity contribution in [1.82, 2.24) is 24.7 Å². The summed E-state index contributed by atoms with van der Waals surface area (Å²) >= 11 is 0. The number of H-pyrrole nitrogens is 1. The Balaban J connectivity index is 1.63. The lowest BCUT2D eigenvalue weighted by molar-refractivity contribution is -0.138. The fourth-order valence-electron chi connectivity index (χ4n) is 4.06. The lowest BCUT2D eigenvalue weighted by atomic mass is 9.95. The first kappa shape index (κ1) is 19.3. The van der Waals surface area contributed by atoms with Crippen LogP contribution in [0.5, 0.6) is 0 Å². The Morgan fingerprint density at radius 1 is 1.19 bits per heavy atom. The van der Waals surface area contributed by atoms with E-state index in [4.69, 9.17) is 0 Å². The molecule has 3 heterocycles. The van der Waals surface area contributed by atoms with E-state index in [0.29, 0.717) is 43.4 Å². The molecule has 0 aromatic carbocycles. The van der Waals surface area contributed by atoms with Gasteiger partial charge in [-0.25, -0.2) is 8.42 Å². The van der Waals surface area contributed by atoms with Crippen LogP contribution >= 0.6 is 0 Å². The predicted octanol–water partition coefficient (Wildman–Crippen LogP) is 0.638. The molecule has 0 bridgehead atoms. The molecule has 3 rings (SSSR count). The quantitative estimate of drug-likeness (QED) is 0.795. The Bertz CT molecular complexity index is 733. The summed E-state index contributed by atoms with van der Waals surface area (Å²) in [5, 5.41) is 9.99. The van der Waals surface area contributed by atoms with Crippen molar-refractivity contribution in [3.05, 3.63) is 11.4 Å². The van der Waals surface area contributed by atoms with E-state index < -0.39 is 10.0 Å². The van der Waals surface area contributed by atoms with Crippen LogP contribution < -0.4 is 5.32 Å². The topological polar surface area (TPSA) is 98.4 Å². The number of sulfonamides is 1. The first-order valence-electron chi connectivity index (χ1n) is 9.32. The number of likely N-dealkylation sites (tertiary alicyclic amines) is 1. The number of hydrogen-bond donors (Lipinski definition) is 2. The van der Waals surface area contributed by atoms with Crippen LogP contribution in [0.2, 0.25) is 0 Å². The van der Waals surface area contributed by atoms with Crippen LogP contribution in [0.1, 0.15) is 37.1 Å². The second kappa shape index (κ2) is 7.66. The number of aryl methyl sites for hydroxylation is 2. The Labute approximate surface area is 155 Å². The molecule has 1 amide bonds. The maximum atomic E-state index is 12.9. The first-order chi connectivity index (χ1) is 12.3. The van der Waals surface area contributed by atoms with Crippen LogP contribution in [0, 0.1) is 19.8 Å². The first-order valence-corrected chi connectivity index (χ1v) is 10.8. The normalized spacial score (nSPS) is 23.3. The number of nitrogens with one attached hydrogen (secondary N) is 2. The van der Waals surface area contributed by atoms with E-state index in [0.717, 1.165) is 25.9 Å². The van der Waals surface area contributed by atoms with Crippen LogP contribution in [-0.2, 0) is 14.8 Å². The number of carbonyl (C=O) groups excluding carboxylic acids is 1. The van der Waals surface area contributed by atoms with Gasteiger partial charge >= 0.3 is 0 Å². The number of aromatic amines is 1. The third-order valence-corrected chi connectivity index (χ3v) is 7.77. The molecular weight excluding hydrogens is 354 g/mol. The highest BCUT2D eigenvalue weighted by Crippen LogP contribution is 2.28. The van der Waals surface area contributed by atoms with Crippen molar-refractivity contribution in [3.63, 3.8) is 0 Å². The van der Waals surface area contributed by atoms with E-state index in [1.54, 1.807) is 13.8 Å². The van der Waals surface area contributed by atoms with Crippen molar-refractivity contribution in [2.45, 2.75) is 50.5 Å². The minimum Gasteiger partial charge on any atom is -0.341 e. The van der Waals surface area contributed by atoms with E-state index >= 15 is 0 Å². The zero-order chi connectivity index (χ0) is 18.9. The van der Waals surface area contributed by atoms with Crippen LogP contribution in [0.3, 0.4) is 0 Å². The lowest BCUT2D eigenvalue weighted by Gasteiger charge is -2.37. The largest absolute Gasteiger partial charge is 0.341 e. The smallest absolute Gasteiger partial charge is 0.246 e. The molecular formula is C17H29N5O3S. The monoisotopic (exact) mass is 383 g/mol. The van der Waals surface area contributed by atoms with Gasteiger partial charge in [0.05, 0.1) is 11.4 Å². The van der Waals surface area contributed by atoms with Crippen LogP contribution in [0.4, 0.5) is 0 Å². The zero-order valence-corrected chi connectivity index (χ0v) is 16.6. The number of piperidine rings is 2. The Morgan fingerprint density at radius 3 is 2.46 bits per heavy atom. The molecule has 2 aliphatic rings. The molecule has 0 radical (unpaired) electrons. The average Bonchev–Trinajstić information content (AvgIpc) is 3.00. The Hall–Kier alpha value is -1.45. The van der Waals surface area contributed by atoms with Crippen molar-refractivity contribution in [3.8, 4) is 0 Å². The van der Waals surface area contributed by atoms with Crippen molar-refractivity contribution in [2.75, 3.05) is 33.2 Å². The van der Waals surface area contributed by atoms with Gasteiger partial charge in [-0.1, -0.05) is 0 Å². The minimum absolute atomic E-state index is 0.0800. The van der Waals surface area contributed by atoms with Gasteiger partial charge in [0, 0.05) is 38.1 Å². The van der Waals surface area contributed by atoms with Gasteiger partial charge in [0.2, 0.25) is 15.9 Å². The van der Waals surface area contributed by atoms with Gasteiger partial charge in [-0.05, 0) is 46.6 Å². The average molecular weight is 384 g/mol. The van der Waals surface area contributed by atoms with E-state index in [-0.39, 0.29) is 16.7 Å². The SMILES string of the molecule is CNC1CCCN(C(=O)C2CCN(S(=O)(=O)c3c(C)n[nH]c3C)CC2)C1. The van der Waals surface area contributed by atoms with Gasteiger partial charge in [0.15, 0.2) is 0 Å². The van der Waals surface area contributed by atoms with Gasteiger partial charge in [0.25, 0.3) is 0 Å². The van der Waals surface area contributed by atoms with Gasteiger partial charge in [-0.2, -0.15) is 9.40 Å². The van der Waals surface area contributed by atoms with E-state index in [1.807, 2.05) is 11.9 Å². The van der Waals surface area contributed by atoms with E-state index in [2.05, 4.69) is 15.5 Å². The molecule has 1 unspecified atom stereocenters. The number of carbonyl (C=O) groups is 1. The van der Waals surface area contributed by atoms with Crippen LogP contribution in [0.15, 0.2) is 4.90 Å². The molecule has 0 saturated carbocycles. The summed E-state index contributed by atoms with van der Waals surface area (Å²) in [6.07, 6.45) is 3.27. The molecule has 2 N–H and O–H groups in total. The maximum Gasteiger partial charge on any atom is 0.246 e. The maximum absolute atomic E-state index is 12.9. The second-order valence-electron chi connectivity index (χ2n) is 7.35. The molecule has 9 heteroatoms. The standard InChI is InChI=1S/C17H29N5O3S/c1-12-16(13(2)20-19-12)26(24,25)22-9-6-14(7-10-22)17(23)21-8-4-5-15(11-21)18-3/h14-15,18H,4-11H2,1-3H3,(H,19,20). The van der Waals surface area contributed by atoms with E-state index in [1.165, 1.54) is 4.31 Å². The molecule has 1 aromatic rings. The number of rotatable bonds is 4. The van der Waals surface area contributed by atoms with E-state index in [9.17, 15) is 13.2 Å². The minimum atomic E-state index is -3.56. The predicted molar refractivity (Wildman–Crippen MR) is 98.2 cm³/mol. The highest BCUT2D eigenvalue weighted by Gasteiger charge is 2.36. The highest BCUT2D eigenvalue weighted by molar-refractivity contribution is 7.89. The molecule has 1 atom stereocenters. The molecule has 0 spiro atoms. The summed E-state index contributed by atoms with van der Waals surface area (Å²) in [5.74, 6) is 0.0984. The number of aromatic nitrogens is 2.